The minimum absolute atomic E-state index is 0.106. The zero-order valence-corrected chi connectivity index (χ0v) is 59.5. The van der Waals surface area contributed by atoms with Crippen molar-refractivity contribution < 1.29 is 80.2 Å². The Morgan fingerprint density at radius 2 is 0.573 bits per heavy atom. The van der Waals surface area contributed by atoms with Gasteiger partial charge >= 0.3 is 39.5 Å². The van der Waals surface area contributed by atoms with E-state index in [0.717, 1.165) is 108 Å². The average Bonchev–Trinajstić information content (AvgIpc) is 3.71. The molecule has 0 aliphatic rings. The highest BCUT2D eigenvalue weighted by molar-refractivity contribution is 7.47. The van der Waals surface area contributed by atoms with Crippen molar-refractivity contribution in [2.75, 3.05) is 39.6 Å². The van der Waals surface area contributed by atoms with Crippen LogP contribution in [0, 0.1) is 11.8 Å². The Labute approximate surface area is 543 Å². The van der Waals surface area contributed by atoms with Gasteiger partial charge in [0.25, 0.3) is 0 Å². The summed E-state index contributed by atoms with van der Waals surface area (Å²) < 4.78 is 68.3. The largest absolute Gasteiger partial charge is 0.472 e. The van der Waals surface area contributed by atoms with Crippen LogP contribution < -0.4 is 0 Å². The van der Waals surface area contributed by atoms with Crippen molar-refractivity contribution in [1.29, 1.82) is 0 Å². The molecule has 0 aliphatic heterocycles. The number of aliphatic hydroxyl groups excluding tert-OH is 1. The number of aliphatic hydroxyl groups is 1. The lowest BCUT2D eigenvalue weighted by atomic mass is 10.00. The first-order valence-electron chi connectivity index (χ1n) is 36.5. The number of phosphoric ester groups is 2. The number of ether oxygens (including phenoxy) is 4. The predicted octanol–water partition coefficient (Wildman–Crippen LogP) is 20.0. The van der Waals surface area contributed by atoms with Crippen LogP contribution in [0.25, 0.3) is 0 Å². The van der Waals surface area contributed by atoms with Gasteiger partial charge in [-0.1, -0.05) is 305 Å². The highest BCUT2D eigenvalue weighted by Crippen LogP contribution is 2.45. The number of esters is 4. The fourth-order valence-corrected chi connectivity index (χ4v) is 12.1. The molecule has 528 valence electrons. The van der Waals surface area contributed by atoms with Crippen molar-refractivity contribution in [1.82, 2.24) is 0 Å². The molecule has 3 unspecified atom stereocenters. The third-order valence-corrected chi connectivity index (χ3v) is 18.5. The maximum absolute atomic E-state index is 13.0. The molecule has 0 saturated heterocycles. The summed E-state index contributed by atoms with van der Waals surface area (Å²) in [6, 6.07) is 0. The van der Waals surface area contributed by atoms with Gasteiger partial charge < -0.3 is 33.8 Å². The first-order valence-corrected chi connectivity index (χ1v) is 39.5. The SMILES string of the molecule is CCCCCCCCCCCCCCCCC(=O)OC[C@H](COP(=O)(O)OC[C@@H](O)COP(=O)(O)OC[C@@H](COC(=O)CCCCCCCCC(C)CC)OC(=O)CCCCCCCCCCCCC)OC(=O)CCCCCCCCCCCCCC(C)C. The van der Waals surface area contributed by atoms with E-state index in [0.29, 0.717) is 25.7 Å². The summed E-state index contributed by atoms with van der Waals surface area (Å²) in [7, 11) is -9.90. The van der Waals surface area contributed by atoms with E-state index in [4.69, 9.17) is 37.0 Å². The standard InChI is InChI=1S/C70H136O17P2/c1-7-10-12-14-16-18-20-21-22-26-29-33-40-46-52-67(72)80-58-65(86-70(75)55-49-43-35-31-27-23-25-28-32-38-44-50-62(4)5)60-84-88(76,77)82-56-64(71)57-83-89(78,79)85-61-66(59-81-68(73)53-47-41-37-36-39-45-51-63(6)9-3)87-69(74)54-48-42-34-30-24-19-17-15-13-11-8-2/h62-66,71H,7-61H2,1-6H3,(H,76,77)(H,78,79)/t63?,64-,65-,66-/m1/s1. The molecule has 0 heterocycles. The lowest BCUT2D eigenvalue weighted by Crippen LogP contribution is -2.30. The van der Waals surface area contributed by atoms with Gasteiger partial charge in [-0.2, -0.15) is 0 Å². The van der Waals surface area contributed by atoms with Crippen molar-refractivity contribution in [2.24, 2.45) is 11.8 Å². The molecule has 19 heteroatoms. The smallest absolute Gasteiger partial charge is 0.462 e. The van der Waals surface area contributed by atoms with Gasteiger partial charge in [-0.3, -0.25) is 37.3 Å². The van der Waals surface area contributed by atoms with Gasteiger partial charge in [-0.15, -0.1) is 0 Å². The first-order chi connectivity index (χ1) is 42.9. The van der Waals surface area contributed by atoms with Crippen LogP contribution in [0.15, 0.2) is 0 Å². The Kier molecular flexibility index (Phi) is 60.8. The monoisotopic (exact) mass is 1310 g/mol. The van der Waals surface area contributed by atoms with E-state index in [1.54, 1.807) is 0 Å². The second kappa shape index (κ2) is 62.2. The Bertz CT molecular complexity index is 1740. The van der Waals surface area contributed by atoms with E-state index >= 15 is 0 Å². The van der Waals surface area contributed by atoms with Crippen LogP contribution >= 0.6 is 15.6 Å². The fourth-order valence-electron chi connectivity index (χ4n) is 10.6. The van der Waals surface area contributed by atoms with E-state index < -0.39 is 97.5 Å². The predicted molar refractivity (Wildman–Crippen MR) is 358 cm³/mol. The first kappa shape index (κ1) is 87.1. The van der Waals surface area contributed by atoms with Gasteiger partial charge in [0.15, 0.2) is 12.2 Å². The summed E-state index contributed by atoms with van der Waals surface area (Å²) in [6.07, 6.45) is 47.1. The van der Waals surface area contributed by atoms with Gasteiger partial charge in [-0.05, 0) is 37.5 Å². The summed E-state index contributed by atoms with van der Waals surface area (Å²) >= 11 is 0. The zero-order chi connectivity index (χ0) is 65.7. The van der Waals surface area contributed by atoms with E-state index in [1.165, 1.54) is 167 Å². The molecular weight excluding hydrogens is 1170 g/mol. The van der Waals surface area contributed by atoms with Crippen LogP contribution in [0.1, 0.15) is 356 Å². The fraction of sp³-hybridized carbons (Fsp3) is 0.943. The third kappa shape index (κ3) is 63.2. The Balaban J connectivity index is 5.25. The van der Waals surface area contributed by atoms with Gasteiger partial charge in [-0.25, -0.2) is 9.13 Å². The molecule has 0 aliphatic carbocycles. The second-order valence-corrected chi connectivity index (χ2v) is 28.9. The summed E-state index contributed by atoms with van der Waals surface area (Å²) in [5.74, 6) is -0.627. The molecule has 0 amide bonds. The highest BCUT2D eigenvalue weighted by Gasteiger charge is 2.30. The van der Waals surface area contributed by atoms with Crippen LogP contribution in [0.4, 0.5) is 0 Å². The summed E-state index contributed by atoms with van der Waals surface area (Å²) in [6.45, 7) is 9.51. The summed E-state index contributed by atoms with van der Waals surface area (Å²) in [5.41, 5.74) is 0. The molecular formula is C70H136O17P2. The van der Waals surface area contributed by atoms with E-state index in [-0.39, 0.29) is 25.7 Å². The molecule has 89 heavy (non-hydrogen) atoms. The second-order valence-electron chi connectivity index (χ2n) is 26.0. The number of carbonyl (C=O) groups is 4. The maximum Gasteiger partial charge on any atom is 0.472 e. The van der Waals surface area contributed by atoms with Crippen molar-refractivity contribution in [3.05, 3.63) is 0 Å². The van der Waals surface area contributed by atoms with Crippen LogP contribution in [0.2, 0.25) is 0 Å². The molecule has 0 aromatic heterocycles. The van der Waals surface area contributed by atoms with Crippen molar-refractivity contribution >= 4 is 39.5 Å². The van der Waals surface area contributed by atoms with Gasteiger partial charge in [0, 0.05) is 25.7 Å². The number of rotatable bonds is 69. The lowest BCUT2D eigenvalue weighted by molar-refractivity contribution is -0.161. The van der Waals surface area contributed by atoms with Crippen LogP contribution in [-0.4, -0.2) is 96.7 Å². The molecule has 3 N–H and O–H groups in total. The van der Waals surface area contributed by atoms with Crippen LogP contribution in [-0.2, 0) is 65.4 Å². The normalized spacial score (nSPS) is 14.4. The Morgan fingerprint density at radius 3 is 0.854 bits per heavy atom. The summed E-state index contributed by atoms with van der Waals surface area (Å²) in [5, 5.41) is 10.6. The van der Waals surface area contributed by atoms with Gasteiger partial charge in [0.05, 0.1) is 26.4 Å². The lowest BCUT2D eigenvalue weighted by Gasteiger charge is -2.21. The molecule has 0 fully saturated rings. The van der Waals surface area contributed by atoms with Crippen LogP contribution in [0.5, 0.6) is 0 Å². The number of hydrogen-bond donors (Lipinski definition) is 3. The molecule has 0 rings (SSSR count). The third-order valence-electron chi connectivity index (χ3n) is 16.6. The number of unbranched alkanes of at least 4 members (excludes halogenated alkanes) is 38. The molecule has 0 saturated carbocycles. The van der Waals surface area contributed by atoms with E-state index in [9.17, 15) is 43.2 Å². The topological polar surface area (TPSA) is 237 Å². The van der Waals surface area contributed by atoms with Crippen molar-refractivity contribution in [3.63, 3.8) is 0 Å². The highest BCUT2D eigenvalue weighted by atomic mass is 31.2. The summed E-state index contributed by atoms with van der Waals surface area (Å²) in [4.78, 5) is 72.5. The Hall–Kier alpha value is -1.94. The number of carbonyl (C=O) groups excluding carboxylic acids is 4. The minimum atomic E-state index is -4.95. The molecule has 0 bridgehead atoms. The van der Waals surface area contributed by atoms with Gasteiger partial charge in [0.2, 0.25) is 0 Å². The number of hydrogen-bond acceptors (Lipinski definition) is 15. The minimum Gasteiger partial charge on any atom is -0.462 e. The maximum atomic E-state index is 13.0. The molecule has 17 nitrogen and oxygen atoms in total. The van der Waals surface area contributed by atoms with Crippen LogP contribution in [0.3, 0.4) is 0 Å². The molecule has 0 spiro atoms. The molecule has 6 atom stereocenters. The van der Waals surface area contributed by atoms with Gasteiger partial charge in [0.1, 0.15) is 19.3 Å². The molecule has 0 aromatic carbocycles. The number of phosphoric acid groups is 2. The van der Waals surface area contributed by atoms with E-state index in [2.05, 4.69) is 41.5 Å². The average molecular weight is 1310 g/mol. The zero-order valence-electron chi connectivity index (χ0n) is 57.7. The van der Waals surface area contributed by atoms with Crippen molar-refractivity contribution in [3.8, 4) is 0 Å². The molecule has 0 radical (unpaired) electrons. The quantitative estimate of drug-likeness (QED) is 0.0222. The molecule has 0 aromatic rings. The van der Waals surface area contributed by atoms with E-state index in [1.807, 2.05) is 0 Å². The van der Waals surface area contributed by atoms with Crippen molar-refractivity contribution in [2.45, 2.75) is 374 Å². The Morgan fingerprint density at radius 1 is 0.326 bits per heavy atom.